The molecular formula is C38H46N4O8. The maximum absolute atomic E-state index is 13.4. The van der Waals surface area contributed by atoms with Gasteiger partial charge in [-0.3, -0.25) is 9.59 Å². The van der Waals surface area contributed by atoms with E-state index in [1.54, 1.807) is 32.9 Å². The maximum Gasteiger partial charge on any atom is 0.408 e. The molecule has 12 nitrogen and oxygen atoms in total. The summed E-state index contributed by atoms with van der Waals surface area (Å²) in [6.45, 7) is 9.70. The number of ether oxygens (including phenoxy) is 2. The first-order chi connectivity index (χ1) is 23.7. The van der Waals surface area contributed by atoms with E-state index >= 15 is 0 Å². The molecule has 0 aromatic heterocycles. The molecule has 0 saturated heterocycles. The molecule has 2 atom stereocenters. The number of alkyl carbamates (subject to hydrolysis) is 2. The summed E-state index contributed by atoms with van der Waals surface area (Å²) in [5, 5.41) is 8.42. The molecule has 4 rings (SSSR count). The fourth-order valence-corrected chi connectivity index (χ4v) is 5.59. The summed E-state index contributed by atoms with van der Waals surface area (Å²) >= 11 is 0. The van der Waals surface area contributed by atoms with Gasteiger partial charge in [-0.05, 0) is 67.9 Å². The highest BCUT2D eigenvalue weighted by atomic mass is 16.7. The lowest BCUT2D eigenvalue weighted by atomic mass is 9.98. The number of hydroxylamine groups is 2. The molecule has 0 spiro atoms. The van der Waals surface area contributed by atoms with Crippen molar-refractivity contribution in [1.29, 1.82) is 0 Å². The molecule has 0 radical (unpaired) electrons. The van der Waals surface area contributed by atoms with Gasteiger partial charge in [0.1, 0.15) is 31.8 Å². The van der Waals surface area contributed by atoms with Crippen molar-refractivity contribution < 1.29 is 38.3 Å². The van der Waals surface area contributed by atoms with Gasteiger partial charge in [-0.2, -0.15) is 5.06 Å². The van der Waals surface area contributed by atoms with Crippen molar-refractivity contribution >= 4 is 30.0 Å². The summed E-state index contributed by atoms with van der Waals surface area (Å²) < 4.78 is 10.8. The van der Waals surface area contributed by atoms with Gasteiger partial charge < -0.3 is 30.3 Å². The van der Waals surface area contributed by atoms with Gasteiger partial charge in [0.05, 0.1) is 5.54 Å². The Morgan fingerprint density at radius 2 is 1.32 bits per heavy atom. The highest BCUT2D eigenvalue weighted by Gasteiger charge is 2.35. The molecule has 1 aliphatic carbocycles. The maximum atomic E-state index is 13.4. The van der Waals surface area contributed by atoms with Crippen LogP contribution in [0.3, 0.4) is 0 Å². The number of hydrogen-bond acceptors (Lipinski definition) is 8. The quantitative estimate of drug-likeness (QED) is 0.213. The molecule has 0 aliphatic heterocycles. The first-order valence-corrected chi connectivity index (χ1v) is 16.7. The second kappa shape index (κ2) is 16.8. The second-order valence-electron chi connectivity index (χ2n) is 13.6. The molecule has 3 aromatic carbocycles. The van der Waals surface area contributed by atoms with E-state index in [-0.39, 0.29) is 31.5 Å². The molecule has 1 aliphatic rings. The van der Waals surface area contributed by atoms with Crippen LogP contribution in [0.25, 0.3) is 11.1 Å². The fourth-order valence-electron chi connectivity index (χ4n) is 5.59. The van der Waals surface area contributed by atoms with Gasteiger partial charge in [-0.1, -0.05) is 92.7 Å². The van der Waals surface area contributed by atoms with Crippen LogP contribution in [0.5, 0.6) is 0 Å². The third kappa shape index (κ3) is 10.1. The van der Waals surface area contributed by atoms with Crippen LogP contribution in [-0.2, 0) is 35.3 Å². The Kier molecular flexibility index (Phi) is 12.6. The summed E-state index contributed by atoms with van der Waals surface area (Å²) in [6, 6.07) is 22.9. The standard InChI is InChI=1S/C38H46N4O8/c1-24(2)20-32(41-37(47)48-22-26-14-8-7-9-15-26)34(44)39-21-33(43)50-42(38(4,5)6)35(45)25(3)40-36(46)49-23-31-29-18-12-10-16-27(29)28-17-11-13-19-30(28)31/h7-19,24-25,31-32H,20-23H2,1-6H3,(H,39,44)(H,40,46)(H,41,47)/t25-,32?/m0/s1. The van der Waals surface area contributed by atoms with Gasteiger partial charge in [0.15, 0.2) is 0 Å². The molecule has 0 bridgehead atoms. The Bertz CT molecular complexity index is 1620. The zero-order valence-corrected chi connectivity index (χ0v) is 29.4. The van der Waals surface area contributed by atoms with Crippen molar-refractivity contribution in [3.8, 4) is 11.1 Å². The molecular weight excluding hydrogens is 640 g/mol. The van der Waals surface area contributed by atoms with E-state index in [4.69, 9.17) is 14.3 Å². The van der Waals surface area contributed by atoms with Gasteiger partial charge in [0.25, 0.3) is 5.91 Å². The minimum Gasteiger partial charge on any atom is -0.449 e. The van der Waals surface area contributed by atoms with Crippen LogP contribution in [0, 0.1) is 5.92 Å². The van der Waals surface area contributed by atoms with Gasteiger partial charge in [0, 0.05) is 5.92 Å². The number of carbonyl (C=O) groups excluding carboxylic acids is 5. The van der Waals surface area contributed by atoms with Gasteiger partial charge in [0.2, 0.25) is 5.91 Å². The molecule has 3 N–H and O–H groups in total. The zero-order valence-electron chi connectivity index (χ0n) is 29.4. The number of benzene rings is 3. The summed E-state index contributed by atoms with van der Waals surface area (Å²) in [7, 11) is 0. The van der Waals surface area contributed by atoms with Gasteiger partial charge in [-0.25, -0.2) is 14.4 Å². The van der Waals surface area contributed by atoms with Gasteiger partial charge in [-0.15, -0.1) is 0 Å². The Balaban J connectivity index is 1.29. The van der Waals surface area contributed by atoms with E-state index in [0.717, 1.165) is 32.9 Å². The second-order valence-corrected chi connectivity index (χ2v) is 13.6. The van der Waals surface area contributed by atoms with Crippen LogP contribution in [0.1, 0.15) is 70.6 Å². The van der Waals surface area contributed by atoms with E-state index < -0.39 is 54.1 Å². The predicted octanol–water partition coefficient (Wildman–Crippen LogP) is 5.46. The number of nitrogens with zero attached hydrogens (tertiary/aromatic N) is 1. The number of fused-ring (bicyclic) bond motifs is 3. The number of hydrogen-bond donors (Lipinski definition) is 3. The summed E-state index contributed by atoms with van der Waals surface area (Å²) in [4.78, 5) is 70.0. The molecule has 3 aromatic rings. The predicted molar refractivity (Wildman–Crippen MR) is 186 cm³/mol. The minimum atomic E-state index is -1.12. The largest absolute Gasteiger partial charge is 0.449 e. The molecule has 0 heterocycles. The third-order valence-corrected chi connectivity index (χ3v) is 7.99. The number of carbonyl (C=O) groups is 5. The number of amides is 4. The average molecular weight is 687 g/mol. The van der Waals surface area contributed by atoms with Crippen LogP contribution >= 0.6 is 0 Å². The van der Waals surface area contributed by atoms with Crippen molar-refractivity contribution in [2.45, 2.75) is 78.1 Å². The number of nitrogens with one attached hydrogen (secondary N) is 3. The molecule has 266 valence electrons. The van der Waals surface area contributed by atoms with E-state index in [9.17, 15) is 24.0 Å². The van der Waals surface area contributed by atoms with Crippen molar-refractivity contribution in [1.82, 2.24) is 21.0 Å². The van der Waals surface area contributed by atoms with E-state index in [1.165, 1.54) is 6.92 Å². The SMILES string of the molecule is CC(C)CC(NC(=O)OCc1ccccc1)C(=O)NCC(=O)ON(C(=O)[C@H](C)NC(=O)OCC1c2ccccc2-c2ccccc21)C(C)(C)C. The monoisotopic (exact) mass is 686 g/mol. The Labute approximate surface area is 292 Å². The molecule has 0 fully saturated rings. The van der Waals surface area contributed by atoms with Crippen molar-refractivity contribution in [3.63, 3.8) is 0 Å². The molecule has 12 heteroatoms. The van der Waals surface area contributed by atoms with Crippen molar-refractivity contribution in [2.75, 3.05) is 13.2 Å². The Hall–Kier alpha value is -5.39. The first kappa shape index (κ1) is 37.4. The average Bonchev–Trinajstić information content (AvgIpc) is 3.40. The lowest BCUT2D eigenvalue weighted by molar-refractivity contribution is -0.217. The highest BCUT2D eigenvalue weighted by Crippen LogP contribution is 2.44. The van der Waals surface area contributed by atoms with Gasteiger partial charge >= 0.3 is 18.2 Å². The van der Waals surface area contributed by atoms with Crippen LogP contribution in [0.15, 0.2) is 78.9 Å². The minimum absolute atomic E-state index is 0.0280. The Morgan fingerprint density at radius 1 is 0.760 bits per heavy atom. The summed E-state index contributed by atoms with van der Waals surface area (Å²) in [5.74, 6) is -2.37. The highest BCUT2D eigenvalue weighted by molar-refractivity contribution is 5.89. The normalized spacial score (nSPS) is 13.3. The lowest BCUT2D eigenvalue weighted by Gasteiger charge is -2.34. The third-order valence-electron chi connectivity index (χ3n) is 7.99. The smallest absolute Gasteiger partial charge is 0.408 e. The zero-order chi connectivity index (χ0) is 36.4. The lowest BCUT2D eigenvalue weighted by Crippen LogP contribution is -2.55. The summed E-state index contributed by atoms with van der Waals surface area (Å²) in [6.07, 6.45) is -1.29. The summed E-state index contributed by atoms with van der Waals surface area (Å²) in [5.41, 5.74) is 4.07. The molecule has 50 heavy (non-hydrogen) atoms. The first-order valence-electron chi connectivity index (χ1n) is 16.7. The number of rotatable bonds is 12. The molecule has 0 saturated carbocycles. The van der Waals surface area contributed by atoms with Crippen molar-refractivity contribution in [3.05, 3.63) is 95.6 Å². The Morgan fingerprint density at radius 3 is 1.90 bits per heavy atom. The molecule has 4 amide bonds. The van der Waals surface area contributed by atoms with Crippen LogP contribution in [0.4, 0.5) is 9.59 Å². The van der Waals surface area contributed by atoms with Crippen LogP contribution in [-0.4, -0.2) is 65.8 Å². The topological polar surface area (TPSA) is 152 Å². The fraction of sp³-hybridized carbons (Fsp3) is 0.395. The van der Waals surface area contributed by atoms with Crippen LogP contribution in [0.2, 0.25) is 0 Å². The van der Waals surface area contributed by atoms with Crippen molar-refractivity contribution in [2.24, 2.45) is 5.92 Å². The van der Waals surface area contributed by atoms with E-state index in [2.05, 4.69) is 16.0 Å². The van der Waals surface area contributed by atoms with E-state index in [0.29, 0.717) is 0 Å². The van der Waals surface area contributed by atoms with E-state index in [1.807, 2.05) is 80.6 Å². The van der Waals surface area contributed by atoms with Crippen LogP contribution < -0.4 is 16.0 Å². The molecule has 1 unspecified atom stereocenters.